The Morgan fingerprint density at radius 3 is 2.56 bits per heavy atom. The fraction of sp³-hybridized carbons (Fsp3) is 0.320. The molecule has 14 heteroatoms. The number of aromatic nitrogens is 2. The van der Waals surface area contributed by atoms with Crippen LogP contribution in [0.25, 0.3) is 0 Å². The third-order valence-corrected chi connectivity index (χ3v) is 6.40. The summed E-state index contributed by atoms with van der Waals surface area (Å²) in [5.41, 5.74) is -1.59. The van der Waals surface area contributed by atoms with Crippen molar-refractivity contribution in [2.75, 3.05) is 26.2 Å². The lowest BCUT2D eigenvalue weighted by atomic mass is 9.97. The van der Waals surface area contributed by atoms with Crippen LogP contribution in [0.3, 0.4) is 0 Å². The largest absolute Gasteiger partial charge is 0.480 e. The first-order valence-corrected chi connectivity index (χ1v) is 11.8. The number of carboxylic acid groups (broad SMARTS) is 1. The molecule has 0 spiro atoms. The van der Waals surface area contributed by atoms with E-state index in [0.717, 1.165) is 16.2 Å². The van der Waals surface area contributed by atoms with Crippen LogP contribution in [0.1, 0.15) is 44.4 Å². The van der Waals surface area contributed by atoms with Crippen molar-refractivity contribution in [2.45, 2.75) is 24.6 Å². The van der Waals surface area contributed by atoms with E-state index in [1.807, 2.05) is 24.3 Å². The Morgan fingerprint density at radius 1 is 1.13 bits per heavy atom. The number of amides is 3. The SMILES string of the molecule is O=C(NCC(=O)N1CCN(C(=O)c2cc(F)ccc2C(F)(F)F)CC1C(=O)O)c1cc(C2C=CC=CC2)[nH]n1. The maximum absolute atomic E-state index is 13.7. The van der Waals surface area contributed by atoms with Crippen LogP contribution in [0.4, 0.5) is 17.6 Å². The van der Waals surface area contributed by atoms with Crippen molar-refractivity contribution in [1.82, 2.24) is 25.3 Å². The number of carbonyl (C=O) groups excluding carboxylic acids is 3. The number of aromatic amines is 1. The molecule has 3 amide bonds. The molecule has 2 aliphatic rings. The van der Waals surface area contributed by atoms with Crippen molar-refractivity contribution in [1.29, 1.82) is 0 Å². The summed E-state index contributed by atoms with van der Waals surface area (Å²) in [6.07, 6.45) is 3.44. The Bertz CT molecular complexity index is 1350. The molecule has 0 saturated carbocycles. The third-order valence-electron chi connectivity index (χ3n) is 6.40. The molecule has 0 bridgehead atoms. The first-order chi connectivity index (χ1) is 18.5. The first kappa shape index (κ1) is 27.5. The third kappa shape index (κ3) is 6.16. The van der Waals surface area contributed by atoms with E-state index >= 15 is 0 Å². The number of nitrogens with one attached hydrogen (secondary N) is 2. The molecule has 1 aromatic carbocycles. The van der Waals surface area contributed by atoms with Crippen LogP contribution in [0.15, 0.2) is 48.6 Å². The average Bonchev–Trinajstić information content (AvgIpc) is 3.41. The number of hydrogen-bond acceptors (Lipinski definition) is 5. The van der Waals surface area contributed by atoms with Gasteiger partial charge in [0.15, 0.2) is 0 Å². The fourth-order valence-corrected chi connectivity index (χ4v) is 4.39. The Morgan fingerprint density at radius 2 is 1.90 bits per heavy atom. The standard InChI is InChI=1S/C25H23F4N5O5/c26-15-6-7-17(25(27,28)29)16(10-15)23(37)33-8-9-34(20(13-33)24(38)39)21(35)12-30-22(36)19-11-18(31-32-19)14-4-2-1-3-5-14/h1-4,6-7,10-11,14,20H,5,8-9,12-13H2,(H,30,36)(H,31,32)(H,38,39). The molecule has 4 rings (SSSR count). The van der Waals surface area contributed by atoms with Crippen LogP contribution in [-0.2, 0) is 15.8 Å². The molecule has 1 aromatic heterocycles. The maximum atomic E-state index is 13.7. The predicted octanol–water partition coefficient (Wildman–Crippen LogP) is 2.33. The first-order valence-electron chi connectivity index (χ1n) is 11.8. The molecule has 0 radical (unpaired) electrons. The molecule has 3 N–H and O–H groups in total. The van der Waals surface area contributed by atoms with Crippen molar-refractivity contribution in [3.63, 3.8) is 0 Å². The summed E-state index contributed by atoms with van der Waals surface area (Å²) in [7, 11) is 0. The summed E-state index contributed by atoms with van der Waals surface area (Å²) in [6, 6.07) is 1.39. The molecular weight excluding hydrogens is 526 g/mol. The number of carbonyl (C=O) groups is 4. The maximum Gasteiger partial charge on any atom is 0.417 e. The average molecular weight is 549 g/mol. The lowest BCUT2D eigenvalue weighted by Crippen LogP contribution is -2.60. The van der Waals surface area contributed by atoms with Crippen molar-refractivity contribution in [3.8, 4) is 0 Å². The van der Waals surface area contributed by atoms with E-state index in [2.05, 4.69) is 15.5 Å². The van der Waals surface area contributed by atoms with Crippen molar-refractivity contribution >= 4 is 23.7 Å². The van der Waals surface area contributed by atoms with E-state index in [4.69, 9.17) is 0 Å². The second-order valence-corrected chi connectivity index (χ2v) is 8.93. The molecule has 2 unspecified atom stereocenters. The molecular formula is C25H23F4N5O5. The lowest BCUT2D eigenvalue weighted by molar-refractivity contribution is -0.152. The van der Waals surface area contributed by atoms with E-state index in [0.29, 0.717) is 23.9 Å². The van der Waals surface area contributed by atoms with Gasteiger partial charge in [0.25, 0.3) is 11.8 Å². The number of alkyl halides is 3. The topological polar surface area (TPSA) is 136 Å². The normalized spacial score (nSPS) is 19.2. The van der Waals surface area contributed by atoms with Gasteiger partial charge in [0.2, 0.25) is 5.91 Å². The number of aliphatic carboxylic acids is 1. The van der Waals surface area contributed by atoms with Gasteiger partial charge in [0, 0.05) is 24.7 Å². The number of benzene rings is 1. The minimum absolute atomic E-state index is 0.0144. The van der Waals surface area contributed by atoms with Gasteiger partial charge in [-0.15, -0.1) is 0 Å². The highest BCUT2D eigenvalue weighted by molar-refractivity contribution is 5.97. The van der Waals surface area contributed by atoms with Crippen LogP contribution in [0.5, 0.6) is 0 Å². The van der Waals surface area contributed by atoms with Crippen molar-refractivity contribution < 1.29 is 41.8 Å². The highest BCUT2D eigenvalue weighted by Gasteiger charge is 2.40. The van der Waals surface area contributed by atoms with E-state index in [1.165, 1.54) is 0 Å². The van der Waals surface area contributed by atoms with Crippen LogP contribution in [-0.4, -0.2) is 81.0 Å². The number of piperazine rings is 1. The molecule has 2 heterocycles. The minimum Gasteiger partial charge on any atom is -0.480 e. The summed E-state index contributed by atoms with van der Waals surface area (Å²) in [6.45, 7) is -1.84. The predicted molar refractivity (Wildman–Crippen MR) is 127 cm³/mol. The lowest BCUT2D eigenvalue weighted by Gasteiger charge is -2.39. The van der Waals surface area contributed by atoms with Gasteiger partial charge < -0.3 is 20.2 Å². The van der Waals surface area contributed by atoms with Gasteiger partial charge in [-0.25, -0.2) is 9.18 Å². The molecule has 1 saturated heterocycles. The van der Waals surface area contributed by atoms with E-state index in [-0.39, 0.29) is 24.7 Å². The second kappa shape index (κ2) is 11.1. The van der Waals surface area contributed by atoms with Gasteiger partial charge in [0.1, 0.15) is 17.6 Å². The van der Waals surface area contributed by atoms with Crippen LogP contribution < -0.4 is 5.32 Å². The van der Waals surface area contributed by atoms with Crippen LogP contribution in [0.2, 0.25) is 0 Å². The second-order valence-electron chi connectivity index (χ2n) is 8.93. The Hall–Kier alpha value is -4.49. The van der Waals surface area contributed by atoms with Gasteiger partial charge in [-0.05, 0) is 30.7 Å². The van der Waals surface area contributed by atoms with E-state index in [9.17, 15) is 41.8 Å². The van der Waals surface area contributed by atoms with Gasteiger partial charge in [-0.2, -0.15) is 18.3 Å². The Balaban J connectivity index is 1.40. The number of hydrogen-bond donors (Lipinski definition) is 3. The summed E-state index contributed by atoms with van der Waals surface area (Å²) in [5.74, 6) is -5.23. The summed E-state index contributed by atoms with van der Waals surface area (Å²) >= 11 is 0. The number of carboxylic acids is 1. The minimum atomic E-state index is -4.94. The van der Waals surface area contributed by atoms with Crippen LogP contribution in [0, 0.1) is 5.82 Å². The van der Waals surface area contributed by atoms with Crippen LogP contribution >= 0.6 is 0 Å². The Labute approximate surface area is 219 Å². The van der Waals surface area contributed by atoms with Gasteiger partial charge in [0.05, 0.1) is 24.2 Å². The molecule has 1 aliphatic heterocycles. The van der Waals surface area contributed by atoms with Gasteiger partial charge >= 0.3 is 12.1 Å². The van der Waals surface area contributed by atoms with E-state index < -0.39 is 65.9 Å². The number of nitrogens with zero attached hydrogens (tertiary/aromatic N) is 3. The smallest absolute Gasteiger partial charge is 0.417 e. The molecule has 39 heavy (non-hydrogen) atoms. The molecule has 1 aliphatic carbocycles. The number of halogens is 4. The molecule has 2 aromatic rings. The van der Waals surface area contributed by atoms with Crippen molar-refractivity contribution in [2.24, 2.45) is 0 Å². The summed E-state index contributed by atoms with van der Waals surface area (Å²) < 4.78 is 53.8. The van der Waals surface area contributed by atoms with E-state index in [1.54, 1.807) is 6.07 Å². The Kier molecular flexibility index (Phi) is 7.83. The summed E-state index contributed by atoms with van der Waals surface area (Å²) in [4.78, 5) is 51.7. The molecule has 1 fully saturated rings. The zero-order valence-electron chi connectivity index (χ0n) is 20.2. The quantitative estimate of drug-likeness (QED) is 0.474. The zero-order valence-corrected chi connectivity index (χ0v) is 20.2. The number of rotatable bonds is 6. The van der Waals surface area contributed by atoms with Crippen molar-refractivity contribution in [3.05, 3.63) is 76.9 Å². The molecule has 2 atom stereocenters. The monoisotopic (exact) mass is 549 g/mol. The number of H-pyrrole nitrogens is 1. The fourth-order valence-electron chi connectivity index (χ4n) is 4.39. The molecule has 206 valence electrons. The zero-order chi connectivity index (χ0) is 28.3. The highest BCUT2D eigenvalue weighted by atomic mass is 19.4. The van der Waals surface area contributed by atoms with Gasteiger partial charge in [-0.3, -0.25) is 19.5 Å². The molecule has 10 nitrogen and oxygen atoms in total. The summed E-state index contributed by atoms with van der Waals surface area (Å²) in [5, 5.41) is 18.8. The highest BCUT2D eigenvalue weighted by Crippen LogP contribution is 2.33. The number of allylic oxidation sites excluding steroid dienone is 4. The van der Waals surface area contributed by atoms with Gasteiger partial charge in [-0.1, -0.05) is 24.3 Å².